The van der Waals surface area contributed by atoms with Gasteiger partial charge in [0.05, 0.1) is 4.90 Å². The van der Waals surface area contributed by atoms with Gasteiger partial charge >= 0.3 is 0 Å². The molecule has 0 aliphatic heterocycles. The minimum absolute atomic E-state index is 0.0392. The van der Waals surface area contributed by atoms with Crippen LogP contribution in [-0.2, 0) is 10.0 Å². The predicted octanol–water partition coefficient (Wildman–Crippen LogP) is 2.56. The highest BCUT2D eigenvalue weighted by molar-refractivity contribution is 7.89. The molecule has 4 nitrogen and oxygen atoms in total. The van der Waals surface area contributed by atoms with Crippen molar-refractivity contribution in [3.8, 4) is 0 Å². The lowest BCUT2D eigenvalue weighted by Crippen LogP contribution is -2.34. The fraction of sp³-hybridized carbons (Fsp3) is 0.500. The molecule has 118 valence electrons. The van der Waals surface area contributed by atoms with Crippen LogP contribution in [-0.4, -0.2) is 19.4 Å². The summed E-state index contributed by atoms with van der Waals surface area (Å²) in [6.07, 6.45) is 1.72. The monoisotopic (exact) mass is 332 g/mol. The Kier molecular flexibility index (Phi) is 6.24. The molecule has 0 fully saturated rings. The van der Waals surface area contributed by atoms with E-state index in [0.29, 0.717) is 5.92 Å². The van der Waals surface area contributed by atoms with E-state index in [4.69, 9.17) is 18.0 Å². The number of nitrogens with one attached hydrogen (secondary N) is 1. The van der Waals surface area contributed by atoms with Crippen molar-refractivity contribution in [2.75, 3.05) is 0 Å². The summed E-state index contributed by atoms with van der Waals surface area (Å²) in [5.74, 6) is -0.211. The number of rotatable bonds is 7. The first-order valence-corrected chi connectivity index (χ1v) is 8.68. The van der Waals surface area contributed by atoms with Crippen LogP contribution >= 0.6 is 12.2 Å². The molecule has 1 aromatic rings. The minimum Gasteiger partial charge on any atom is -0.389 e. The summed E-state index contributed by atoms with van der Waals surface area (Å²) in [4.78, 5) is -0.208. The summed E-state index contributed by atoms with van der Waals surface area (Å²) in [6, 6.07) is 3.22. The van der Waals surface area contributed by atoms with Gasteiger partial charge in [-0.25, -0.2) is 17.5 Å². The minimum atomic E-state index is -3.72. The first kappa shape index (κ1) is 18.0. The van der Waals surface area contributed by atoms with Crippen LogP contribution in [0.3, 0.4) is 0 Å². The number of hydrogen-bond donors (Lipinski definition) is 2. The summed E-state index contributed by atoms with van der Waals surface area (Å²) in [5.41, 5.74) is 5.32. The Morgan fingerprint density at radius 1 is 1.43 bits per heavy atom. The van der Waals surface area contributed by atoms with Gasteiger partial charge in [-0.3, -0.25) is 0 Å². The van der Waals surface area contributed by atoms with Crippen molar-refractivity contribution in [2.45, 2.75) is 44.6 Å². The van der Waals surface area contributed by atoms with Crippen LogP contribution in [0.2, 0.25) is 0 Å². The summed E-state index contributed by atoms with van der Waals surface area (Å²) >= 11 is 4.72. The smallest absolute Gasteiger partial charge is 0.240 e. The molecule has 2 atom stereocenters. The predicted molar refractivity (Wildman–Crippen MR) is 86.1 cm³/mol. The molecule has 0 heterocycles. The van der Waals surface area contributed by atoms with Gasteiger partial charge in [-0.15, -0.1) is 0 Å². The zero-order valence-electron chi connectivity index (χ0n) is 12.4. The van der Waals surface area contributed by atoms with Crippen molar-refractivity contribution >= 4 is 27.2 Å². The van der Waals surface area contributed by atoms with Gasteiger partial charge in [0.1, 0.15) is 10.8 Å². The average Bonchev–Trinajstić information content (AvgIpc) is 2.37. The largest absolute Gasteiger partial charge is 0.389 e. The van der Waals surface area contributed by atoms with Crippen LogP contribution in [0.1, 0.15) is 39.2 Å². The van der Waals surface area contributed by atoms with E-state index < -0.39 is 15.8 Å². The molecule has 0 amide bonds. The molecule has 1 rings (SSSR count). The van der Waals surface area contributed by atoms with E-state index in [2.05, 4.69) is 18.6 Å². The Labute approximate surface area is 131 Å². The second kappa shape index (κ2) is 7.29. The molecule has 0 aliphatic rings. The zero-order chi connectivity index (χ0) is 16.2. The van der Waals surface area contributed by atoms with Gasteiger partial charge in [0.2, 0.25) is 10.0 Å². The van der Waals surface area contributed by atoms with Crippen molar-refractivity contribution in [3.63, 3.8) is 0 Å². The quantitative estimate of drug-likeness (QED) is 0.753. The van der Waals surface area contributed by atoms with Crippen molar-refractivity contribution in [2.24, 2.45) is 11.7 Å². The van der Waals surface area contributed by atoms with Gasteiger partial charge in [0.25, 0.3) is 0 Å². The number of halogens is 1. The zero-order valence-corrected chi connectivity index (χ0v) is 14.0. The van der Waals surface area contributed by atoms with Crippen molar-refractivity contribution < 1.29 is 12.8 Å². The third-order valence-corrected chi connectivity index (χ3v) is 5.13. The van der Waals surface area contributed by atoms with E-state index in [-0.39, 0.29) is 21.5 Å². The van der Waals surface area contributed by atoms with Gasteiger partial charge in [-0.05, 0) is 37.5 Å². The van der Waals surface area contributed by atoms with E-state index in [1.807, 2.05) is 6.92 Å². The topological polar surface area (TPSA) is 72.2 Å². The van der Waals surface area contributed by atoms with Crippen LogP contribution < -0.4 is 10.5 Å². The Balaban J connectivity index is 2.98. The molecule has 21 heavy (non-hydrogen) atoms. The Hall–Kier alpha value is -1.05. The maximum atomic E-state index is 13.5. The van der Waals surface area contributed by atoms with E-state index >= 15 is 0 Å². The highest BCUT2D eigenvalue weighted by atomic mass is 32.2. The molecular formula is C14H21FN2O2S2. The van der Waals surface area contributed by atoms with Gasteiger partial charge in [-0.1, -0.05) is 32.5 Å². The van der Waals surface area contributed by atoms with Gasteiger partial charge < -0.3 is 5.73 Å². The van der Waals surface area contributed by atoms with Gasteiger partial charge in [-0.2, -0.15) is 0 Å². The van der Waals surface area contributed by atoms with Crippen LogP contribution in [0.4, 0.5) is 4.39 Å². The van der Waals surface area contributed by atoms with Gasteiger partial charge in [0, 0.05) is 11.6 Å². The number of hydrogen-bond acceptors (Lipinski definition) is 3. The van der Waals surface area contributed by atoms with Crippen molar-refractivity contribution in [1.82, 2.24) is 4.72 Å². The highest BCUT2D eigenvalue weighted by Gasteiger charge is 2.20. The van der Waals surface area contributed by atoms with Crippen LogP contribution in [0.25, 0.3) is 0 Å². The Bertz CT molecular complexity index is 617. The first-order valence-electron chi connectivity index (χ1n) is 6.79. The van der Waals surface area contributed by atoms with Crippen LogP contribution in [0, 0.1) is 11.7 Å². The maximum absolute atomic E-state index is 13.5. The molecule has 0 radical (unpaired) electrons. The van der Waals surface area contributed by atoms with E-state index in [0.717, 1.165) is 25.0 Å². The summed E-state index contributed by atoms with van der Waals surface area (Å²) < 4.78 is 40.7. The highest BCUT2D eigenvalue weighted by Crippen LogP contribution is 2.17. The second-order valence-corrected chi connectivity index (χ2v) is 7.43. The van der Waals surface area contributed by atoms with Crippen LogP contribution in [0.15, 0.2) is 23.1 Å². The van der Waals surface area contributed by atoms with E-state index in [1.165, 1.54) is 6.07 Å². The average molecular weight is 332 g/mol. The molecule has 0 aliphatic carbocycles. The summed E-state index contributed by atoms with van der Waals surface area (Å²) in [5, 5.41) is 0. The third kappa shape index (κ3) is 5.01. The number of nitrogens with two attached hydrogens (primary N) is 1. The van der Waals surface area contributed by atoms with Gasteiger partial charge in [0.15, 0.2) is 0 Å². The molecular weight excluding hydrogens is 311 g/mol. The molecule has 3 N–H and O–H groups in total. The summed E-state index contributed by atoms with van der Waals surface area (Å²) in [6.45, 7) is 5.93. The lowest BCUT2D eigenvalue weighted by atomic mass is 10.0. The number of benzene rings is 1. The lowest BCUT2D eigenvalue weighted by Gasteiger charge is -2.18. The normalized spacial score (nSPS) is 14.7. The second-order valence-electron chi connectivity index (χ2n) is 5.28. The Morgan fingerprint density at radius 3 is 2.57 bits per heavy atom. The first-order chi connectivity index (χ1) is 9.67. The number of thiocarbonyl (C=S) groups is 1. The lowest BCUT2D eigenvalue weighted by molar-refractivity contribution is 0.445. The molecule has 0 aromatic heterocycles. The van der Waals surface area contributed by atoms with Crippen LogP contribution in [0.5, 0.6) is 0 Å². The Morgan fingerprint density at radius 2 is 2.05 bits per heavy atom. The fourth-order valence-corrected chi connectivity index (χ4v) is 3.45. The summed E-state index contributed by atoms with van der Waals surface area (Å²) in [7, 11) is -3.72. The van der Waals surface area contributed by atoms with Crippen molar-refractivity contribution in [3.05, 3.63) is 29.6 Å². The molecule has 2 unspecified atom stereocenters. The molecule has 0 spiro atoms. The molecule has 0 saturated carbocycles. The van der Waals surface area contributed by atoms with E-state index in [9.17, 15) is 12.8 Å². The SMILES string of the molecule is CCC(C)CC(C)NS(=O)(=O)c1ccc(F)c(C(N)=S)c1. The number of sulfonamides is 1. The molecule has 0 bridgehead atoms. The maximum Gasteiger partial charge on any atom is 0.240 e. The fourth-order valence-electron chi connectivity index (χ4n) is 2.01. The molecule has 7 heteroatoms. The van der Waals surface area contributed by atoms with E-state index in [1.54, 1.807) is 0 Å². The molecule has 1 aromatic carbocycles. The van der Waals surface area contributed by atoms with Crippen molar-refractivity contribution in [1.29, 1.82) is 0 Å². The third-order valence-electron chi connectivity index (χ3n) is 3.32. The standard InChI is InChI=1S/C14H21FN2O2S2/c1-4-9(2)7-10(3)17-21(18,19)11-5-6-13(15)12(8-11)14(16)20/h5-6,8-10,17H,4,7H2,1-3H3,(H2,16,20). The molecule has 0 saturated heterocycles.